The van der Waals surface area contributed by atoms with Crippen LogP contribution in [-0.2, 0) is 25.0 Å². The number of benzene rings is 1. The smallest absolute Gasteiger partial charge is 0.403 e. The van der Waals surface area contributed by atoms with E-state index in [1.54, 1.807) is 26.0 Å². The summed E-state index contributed by atoms with van der Waals surface area (Å²) in [6.07, 6.45) is -6.46. The van der Waals surface area contributed by atoms with Crippen molar-refractivity contribution < 1.29 is 40.9 Å². The van der Waals surface area contributed by atoms with Crippen LogP contribution in [0.3, 0.4) is 0 Å². The minimum absolute atomic E-state index is 0.0451. The molecule has 4 atom stereocenters. The van der Waals surface area contributed by atoms with Gasteiger partial charge in [0.25, 0.3) is 5.56 Å². The molecule has 2 N–H and O–H groups in total. The van der Waals surface area contributed by atoms with Crippen LogP contribution in [-0.4, -0.2) is 33.2 Å². The van der Waals surface area contributed by atoms with Crippen molar-refractivity contribution in [1.29, 1.82) is 0 Å². The first-order chi connectivity index (χ1) is 15.6. The molecule has 3 heterocycles. The van der Waals surface area contributed by atoms with Gasteiger partial charge in [0.05, 0.1) is 16.9 Å². The van der Waals surface area contributed by atoms with Gasteiger partial charge in [-0.05, 0) is 19.4 Å². The van der Waals surface area contributed by atoms with Gasteiger partial charge in [-0.25, -0.2) is 13.8 Å². The largest absolute Gasteiger partial charge is 0.530 e. The first kappa shape index (κ1) is 18.2. The van der Waals surface area contributed by atoms with Crippen molar-refractivity contribution in [3.05, 3.63) is 61.7 Å². The zero-order valence-electron chi connectivity index (χ0n) is 19.2. The molecule has 1 aromatic heterocycles. The summed E-state index contributed by atoms with van der Waals surface area (Å²) in [4.78, 5) is 24.8. The Bertz CT molecular complexity index is 1340. The molecule has 0 amide bonds. The fraction of sp³-hybridized carbons (Fsp3) is 0.444. The van der Waals surface area contributed by atoms with Gasteiger partial charge in [0, 0.05) is 12.0 Å². The molecule has 0 saturated carbocycles. The third kappa shape index (κ3) is 4.21. The van der Waals surface area contributed by atoms with E-state index in [1.807, 2.05) is 0 Å². The quantitative estimate of drug-likeness (QED) is 0.659. The number of phosphoric acid groups is 1. The molecular formula is C18H19F2N2O8P. The van der Waals surface area contributed by atoms with E-state index in [1.165, 1.54) is 4.98 Å². The Labute approximate surface area is 178 Å². The maximum atomic E-state index is 15.7. The van der Waals surface area contributed by atoms with Crippen LogP contribution in [0.2, 0.25) is 0 Å². The second-order valence-corrected chi connectivity index (χ2v) is 8.59. The average Bonchev–Trinajstić information content (AvgIpc) is 2.95. The number of nitrogens with one attached hydrogen (secondary N) is 1. The highest BCUT2D eigenvalue weighted by molar-refractivity contribution is 7.49. The number of aromatic amines is 1. The highest BCUT2D eigenvalue weighted by atomic mass is 31.2. The lowest BCUT2D eigenvalue weighted by Gasteiger charge is -2.28. The average molecular weight is 463 g/mol. The third-order valence-electron chi connectivity index (χ3n) is 4.53. The first-order valence-corrected chi connectivity index (χ1v) is 10.4. The Kier molecular flexibility index (Phi) is 4.49. The van der Waals surface area contributed by atoms with Crippen molar-refractivity contribution in [2.24, 2.45) is 0 Å². The van der Waals surface area contributed by atoms with Crippen molar-refractivity contribution in [3.8, 4) is 5.75 Å². The normalized spacial score (nSPS) is 34.4. The fourth-order valence-corrected chi connectivity index (χ4v) is 4.40. The number of aliphatic hydroxyl groups excluding tert-OH is 1. The van der Waals surface area contributed by atoms with Crippen molar-refractivity contribution in [3.63, 3.8) is 0 Å². The number of hydrogen-bond acceptors (Lipinski definition) is 8. The zero-order chi connectivity index (χ0) is 25.3. The van der Waals surface area contributed by atoms with Crippen LogP contribution >= 0.6 is 7.82 Å². The molecule has 0 spiro atoms. The number of halogens is 2. The molecule has 168 valence electrons. The predicted octanol–water partition coefficient (Wildman–Crippen LogP) is 1.97. The molecule has 2 aromatic rings. The number of aryl methyl sites for hydroxylation is 2. The lowest BCUT2D eigenvalue weighted by Crippen LogP contribution is -2.37. The van der Waals surface area contributed by atoms with Gasteiger partial charge in [-0.15, -0.1) is 0 Å². The molecule has 1 fully saturated rings. The van der Waals surface area contributed by atoms with E-state index in [-0.39, 0.29) is 23.1 Å². The van der Waals surface area contributed by atoms with E-state index in [2.05, 4.69) is 0 Å². The minimum atomic E-state index is -4.78. The Hall–Kier alpha value is -2.37. The van der Waals surface area contributed by atoms with Crippen LogP contribution in [0.4, 0.5) is 8.78 Å². The molecule has 1 unspecified atom stereocenters. The van der Waals surface area contributed by atoms with Crippen LogP contribution in [0, 0.1) is 19.7 Å². The molecule has 4 rings (SSSR count). The van der Waals surface area contributed by atoms with Crippen molar-refractivity contribution in [2.45, 2.75) is 45.0 Å². The summed E-state index contributed by atoms with van der Waals surface area (Å²) >= 11 is 0. The van der Waals surface area contributed by atoms with E-state index in [9.17, 15) is 23.7 Å². The van der Waals surface area contributed by atoms with E-state index in [0.717, 1.165) is 5.56 Å². The number of fused-ring (bicyclic) bond motifs is 1. The number of hydrogen-bond donors (Lipinski definition) is 2. The molecule has 0 bridgehead atoms. The number of alkyl halides is 1. The van der Waals surface area contributed by atoms with Gasteiger partial charge in [-0.1, -0.05) is 17.7 Å². The second kappa shape index (κ2) is 7.64. The molecule has 0 radical (unpaired) electrons. The van der Waals surface area contributed by atoms with Gasteiger partial charge in [-0.3, -0.25) is 23.4 Å². The van der Waals surface area contributed by atoms with E-state index in [4.69, 9.17) is 22.4 Å². The SMILES string of the molecule is [2H]C([2H])(OP1(=O)OCc2cc(C)cc(C)c2O1)[C@]1(F)C[C@@H](O)[C@]([2H])(n2cc(F)c(=O)[nH]c2=O)O1. The second-order valence-electron chi connectivity index (χ2n) is 7.07. The highest BCUT2D eigenvalue weighted by Gasteiger charge is 2.50. The lowest BCUT2D eigenvalue weighted by molar-refractivity contribution is -0.179. The number of rotatable bonds is 4. The molecule has 1 aromatic carbocycles. The minimum Gasteiger partial charge on any atom is -0.403 e. The van der Waals surface area contributed by atoms with Gasteiger partial charge < -0.3 is 14.4 Å². The fourth-order valence-electron chi connectivity index (χ4n) is 3.23. The molecule has 2 aliphatic heterocycles. The van der Waals surface area contributed by atoms with Crippen molar-refractivity contribution in [2.75, 3.05) is 6.56 Å². The van der Waals surface area contributed by atoms with Gasteiger partial charge in [0.1, 0.15) is 18.4 Å². The molecular weight excluding hydrogens is 441 g/mol. The third-order valence-corrected chi connectivity index (χ3v) is 5.70. The van der Waals surface area contributed by atoms with Crippen molar-refractivity contribution in [1.82, 2.24) is 9.55 Å². The van der Waals surface area contributed by atoms with Gasteiger partial charge in [0.15, 0.2) is 6.20 Å². The lowest BCUT2D eigenvalue weighted by atomic mass is 10.1. The number of aliphatic hydroxyl groups is 1. The number of phosphoric ester groups is 1. The van der Waals surface area contributed by atoms with Gasteiger partial charge >= 0.3 is 13.5 Å². The van der Waals surface area contributed by atoms with E-state index in [0.29, 0.717) is 11.1 Å². The summed E-state index contributed by atoms with van der Waals surface area (Å²) in [6, 6.07) is 3.38. The molecule has 1 saturated heterocycles. The Morgan fingerprint density at radius 3 is 2.97 bits per heavy atom. The monoisotopic (exact) mass is 463 g/mol. The summed E-state index contributed by atoms with van der Waals surface area (Å²) in [7, 11) is -4.78. The van der Waals surface area contributed by atoms with Gasteiger partial charge in [-0.2, -0.15) is 4.39 Å². The summed E-state index contributed by atoms with van der Waals surface area (Å²) < 4.78 is 86.5. The summed E-state index contributed by atoms with van der Waals surface area (Å²) in [5.41, 5.74) is -0.971. The topological polar surface area (TPSA) is 129 Å². The standard InChI is InChI=1S/C18H19F2N2O8P/c1-9-3-10(2)14-11(4-9)7-27-31(26,30-14)28-8-18(20)5-13(23)16(29-18)22-6-12(19)15(24)21-17(22)25/h3-4,6,13,16,23H,5,7-8H2,1-2H3,(H,21,24,25)/t13-,16-,18+,31?/m1/s1/i8D2,16D. The summed E-state index contributed by atoms with van der Waals surface area (Å²) in [5.74, 6) is -5.14. The summed E-state index contributed by atoms with van der Waals surface area (Å²) in [5, 5.41) is 10.3. The van der Waals surface area contributed by atoms with Crippen LogP contribution in [0.5, 0.6) is 5.75 Å². The number of H-pyrrole nitrogens is 1. The number of nitrogens with zero attached hydrogens (tertiary/aromatic N) is 1. The van der Waals surface area contributed by atoms with E-state index >= 15 is 4.39 Å². The molecule has 0 aliphatic carbocycles. The Morgan fingerprint density at radius 2 is 2.23 bits per heavy atom. The van der Waals surface area contributed by atoms with Crippen LogP contribution < -0.4 is 15.8 Å². The molecule has 31 heavy (non-hydrogen) atoms. The number of ether oxygens (including phenoxy) is 1. The Morgan fingerprint density at radius 1 is 1.48 bits per heavy atom. The van der Waals surface area contributed by atoms with Crippen LogP contribution in [0.1, 0.15) is 33.4 Å². The molecule has 2 aliphatic rings. The maximum absolute atomic E-state index is 15.7. The summed E-state index contributed by atoms with van der Waals surface area (Å²) in [6.45, 7) is -0.521. The van der Waals surface area contributed by atoms with Crippen LogP contribution in [0.15, 0.2) is 27.9 Å². The predicted molar refractivity (Wildman–Crippen MR) is 101 cm³/mol. The molecule has 13 heteroatoms. The Balaban J connectivity index is 1.64. The zero-order valence-corrected chi connectivity index (χ0v) is 17.1. The van der Waals surface area contributed by atoms with Crippen molar-refractivity contribution >= 4 is 7.82 Å². The van der Waals surface area contributed by atoms with Gasteiger partial charge in [0.2, 0.25) is 11.7 Å². The molecule has 10 nitrogen and oxygen atoms in total. The highest BCUT2D eigenvalue weighted by Crippen LogP contribution is 2.56. The first-order valence-electron chi connectivity index (χ1n) is 10.4. The maximum Gasteiger partial charge on any atom is 0.530 e. The number of aromatic nitrogens is 2. The van der Waals surface area contributed by atoms with Crippen LogP contribution in [0.25, 0.3) is 0 Å². The van der Waals surface area contributed by atoms with E-state index < -0.39 is 56.0 Å².